The summed E-state index contributed by atoms with van der Waals surface area (Å²) in [6.45, 7) is 12.9. The van der Waals surface area contributed by atoms with Gasteiger partial charge in [0.2, 0.25) is 0 Å². The molecule has 0 aliphatic carbocycles. The second kappa shape index (κ2) is 13.0. The Balaban J connectivity index is 1.91. The number of guanidine groups is 1. The highest BCUT2D eigenvalue weighted by Gasteiger charge is 2.11. The zero-order valence-electron chi connectivity index (χ0n) is 18.5. The lowest BCUT2D eigenvalue weighted by molar-refractivity contribution is 0.292. The maximum atomic E-state index is 5.43. The van der Waals surface area contributed by atoms with Gasteiger partial charge in [-0.05, 0) is 64.0 Å². The van der Waals surface area contributed by atoms with Gasteiger partial charge in [-0.3, -0.25) is 4.99 Å². The van der Waals surface area contributed by atoms with Crippen LogP contribution in [0.5, 0.6) is 0 Å². The van der Waals surface area contributed by atoms with Gasteiger partial charge in [0.25, 0.3) is 0 Å². The summed E-state index contributed by atoms with van der Waals surface area (Å²) in [6.07, 6.45) is 4.82. The molecule has 1 heterocycles. The van der Waals surface area contributed by atoms with Gasteiger partial charge in [-0.15, -0.1) is 0 Å². The Hall–Kier alpha value is -2.27. The van der Waals surface area contributed by atoms with Gasteiger partial charge in [-0.25, -0.2) is 0 Å². The van der Waals surface area contributed by atoms with E-state index in [1.807, 2.05) is 18.2 Å². The van der Waals surface area contributed by atoms with E-state index in [0.717, 1.165) is 44.2 Å². The highest BCUT2D eigenvalue weighted by Crippen LogP contribution is 2.11. The van der Waals surface area contributed by atoms with Crippen molar-refractivity contribution in [2.75, 3.05) is 26.2 Å². The quantitative estimate of drug-likeness (QED) is 0.404. The molecule has 2 rings (SSSR count). The van der Waals surface area contributed by atoms with Gasteiger partial charge in [0.15, 0.2) is 5.96 Å². The summed E-state index contributed by atoms with van der Waals surface area (Å²) < 4.78 is 5.43. The molecular formula is C24H38N4O. The molecule has 2 atom stereocenters. The molecule has 0 aliphatic heterocycles. The zero-order chi connectivity index (χ0) is 20.9. The van der Waals surface area contributed by atoms with E-state index in [1.54, 1.807) is 6.26 Å². The topological polar surface area (TPSA) is 52.8 Å². The lowest BCUT2D eigenvalue weighted by atomic mass is 10.1. The van der Waals surface area contributed by atoms with E-state index in [0.29, 0.717) is 12.6 Å². The van der Waals surface area contributed by atoms with Crippen LogP contribution in [0.3, 0.4) is 0 Å². The Morgan fingerprint density at radius 3 is 2.45 bits per heavy atom. The average Bonchev–Trinajstić information content (AvgIpc) is 3.25. The van der Waals surface area contributed by atoms with Gasteiger partial charge in [0.1, 0.15) is 5.76 Å². The number of furan rings is 1. The van der Waals surface area contributed by atoms with Crippen LogP contribution in [0.2, 0.25) is 0 Å². The normalized spacial score (nSPS) is 14.0. The van der Waals surface area contributed by atoms with Crippen molar-refractivity contribution in [2.24, 2.45) is 4.99 Å². The molecule has 2 N–H and O–H groups in total. The Labute approximate surface area is 176 Å². The number of hydrogen-bond donors (Lipinski definition) is 2. The van der Waals surface area contributed by atoms with E-state index >= 15 is 0 Å². The van der Waals surface area contributed by atoms with E-state index in [2.05, 4.69) is 67.5 Å². The molecule has 0 spiro atoms. The van der Waals surface area contributed by atoms with Gasteiger partial charge in [0.05, 0.1) is 12.3 Å². The van der Waals surface area contributed by atoms with Crippen molar-refractivity contribution in [2.45, 2.75) is 59.0 Å². The zero-order valence-corrected chi connectivity index (χ0v) is 18.5. The van der Waals surface area contributed by atoms with Crippen LogP contribution in [-0.4, -0.2) is 43.1 Å². The largest absolute Gasteiger partial charge is 0.469 e. The highest BCUT2D eigenvalue weighted by atomic mass is 16.3. The van der Waals surface area contributed by atoms with Crippen molar-refractivity contribution in [3.8, 4) is 0 Å². The summed E-state index contributed by atoms with van der Waals surface area (Å²) in [6, 6.07) is 15.0. The maximum Gasteiger partial charge on any atom is 0.191 e. The Bertz CT molecular complexity index is 680. The number of hydrogen-bond acceptors (Lipinski definition) is 3. The summed E-state index contributed by atoms with van der Waals surface area (Å²) >= 11 is 0. The van der Waals surface area contributed by atoms with Crippen molar-refractivity contribution in [3.63, 3.8) is 0 Å². The molecule has 2 unspecified atom stereocenters. The number of nitrogens with one attached hydrogen (secondary N) is 2. The third-order valence-corrected chi connectivity index (χ3v) is 5.25. The second-order valence-corrected chi connectivity index (χ2v) is 7.55. The van der Waals surface area contributed by atoms with Crippen LogP contribution < -0.4 is 10.6 Å². The van der Waals surface area contributed by atoms with Gasteiger partial charge in [0, 0.05) is 19.0 Å². The standard InChI is InChI=1S/C24H38N4O/c1-5-28(6-2)18-10-12-20(3)26-24(25-17-16-23-15-11-19-29-23)27-21(4)22-13-8-7-9-14-22/h7-9,11,13-15,19-21H,5-6,10,12,16-18H2,1-4H3,(H2,25,26,27). The Morgan fingerprint density at radius 2 is 1.79 bits per heavy atom. The first-order valence-corrected chi connectivity index (χ1v) is 11.0. The first kappa shape index (κ1) is 23.0. The van der Waals surface area contributed by atoms with Crippen LogP contribution >= 0.6 is 0 Å². The van der Waals surface area contributed by atoms with E-state index in [4.69, 9.17) is 9.41 Å². The number of aliphatic imine (C=N–C) groups is 1. The lowest BCUT2D eigenvalue weighted by Gasteiger charge is -2.23. The fourth-order valence-corrected chi connectivity index (χ4v) is 3.36. The molecule has 2 aromatic rings. The molecule has 1 aromatic carbocycles. The van der Waals surface area contributed by atoms with Crippen molar-refractivity contribution >= 4 is 5.96 Å². The molecule has 5 heteroatoms. The molecule has 5 nitrogen and oxygen atoms in total. The van der Waals surface area contributed by atoms with Gasteiger partial charge in [-0.2, -0.15) is 0 Å². The minimum absolute atomic E-state index is 0.189. The molecular weight excluding hydrogens is 360 g/mol. The first-order valence-electron chi connectivity index (χ1n) is 11.0. The van der Waals surface area contributed by atoms with E-state index in [-0.39, 0.29) is 6.04 Å². The fraction of sp³-hybridized carbons (Fsp3) is 0.542. The molecule has 0 fully saturated rings. The SMILES string of the molecule is CCN(CC)CCCC(C)NC(=NCCc1ccco1)NC(C)c1ccccc1. The third kappa shape index (κ3) is 8.73. The smallest absolute Gasteiger partial charge is 0.191 e. The van der Waals surface area contributed by atoms with Gasteiger partial charge in [-0.1, -0.05) is 44.2 Å². The van der Waals surface area contributed by atoms with E-state index < -0.39 is 0 Å². The van der Waals surface area contributed by atoms with E-state index in [1.165, 1.54) is 12.0 Å². The minimum atomic E-state index is 0.189. The summed E-state index contributed by atoms with van der Waals surface area (Å²) in [5, 5.41) is 7.16. The van der Waals surface area contributed by atoms with Crippen LogP contribution in [0.4, 0.5) is 0 Å². The molecule has 0 bridgehead atoms. The maximum absolute atomic E-state index is 5.43. The molecule has 0 saturated heterocycles. The Kier molecular flexibility index (Phi) is 10.4. The van der Waals surface area contributed by atoms with Crippen molar-refractivity contribution in [1.82, 2.24) is 15.5 Å². The molecule has 0 amide bonds. The van der Waals surface area contributed by atoms with E-state index in [9.17, 15) is 0 Å². The van der Waals surface area contributed by atoms with Crippen molar-refractivity contribution in [3.05, 3.63) is 60.1 Å². The summed E-state index contributed by atoms with van der Waals surface area (Å²) in [4.78, 5) is 7.28. The second-order valence-electron chi connectivity index (χ2n) is 7.55. The average molecular weight is 399 g/mol. The molecule has 0 radical (unpaired) electrons. The number of rotatable bonds is 12. The number of nitrogens with zero attached hydrogens (tertiary/aromatic N) is 2. The predicted molar refractivity (Wildman–Crippen MR) is 122 cm³/mol. The Morgan fingerprint density at radius 1 is 1.03 bits per heavy atom. The monoisotopic (exact) mass is 398 g/mol. The highest BCUT2D eigenvalue weighted by molar-refractivity contribution is 5.80. The van der Waals surface area contributed by atoms with Crippen LogP contribution in [0.15, 0.2) is 58.1 Å². The lowest BCUT2D eigenvalue weighted by Crippen LogP contribution is -2.43. The van der Waals surface area contributed by atoms with Gasteiger partial charge >= 0.3 is 0 Å². The fourth-order valence-electron chi connectivity index (χ4n) is 3.36. The molecule has 0 saturated carbocycles. The van der Waals surface area contributed by atoms with Crippen LogP contribution in [0.25, 0.3) is 0 Å². The first-order chi connectivity index (χ1) is 14.1. The van der Waals surface area contributed by atoms with Crippen LogP contribution in [0.1, 0.15) is 57.9 Å². The molecule has 0 aliphatic rings. The van der Waals surface area contributed by atoms with Crippen LogP contribution in [0, 0.1) is 0 Å². The van der Waals surface area contributed by atoms with Crippen LogP contribution in [-0.2, 0) is 6.42 Å². The summed E-state index contributed by atoms with van der Waals surface area (Å²) in [5.74, 6) is 1.83. The van der Waals surface area contributed by atoms with Crippen molar-refractivity contribution < 1.29 is 4.42 Å². The molecule has 160 valence electrons. The van der Waals surface area contributed by atoms with Crippen molar-refractivity contribution in [1.29, 1.82) is 0 Å². The van der Waals surface area contributed by atoms with Gasteiger partial charge < -0.3 is 20.0 Å². The molecule has 1 aromatic heterocycles. The summed E-state index contributed by atoms with van der Waals surface area (Å²) in [7, 11) is 0. The number of benzene rings is 1. The third-order valence-electron chi connectivity index (χ3n) is 5.25. The predicted octanol–water partition coefficient (Wildman–Crippen LogP) is 4.63. The molecule has 29 heavy (non-hydrogen) atoms. The summed E-state index contributed by atoms with van der Waals surface area (Å²) in [5.41, 5.74) is 1.25. The minimum Gasteiger partial charge on any atom is -0.469 e.